The number of rotatable bonds is 5. The maximum Gasteiger partial charge on any atom is 3.00 e. The van der Waals surface area contributed by atoms with Crippen LogP contribution in [0.25, 0.3) is 25.6 Å². The Kier molecular flexibility index (Phi) is 8.16. The second-order valence-electron chi connectivity index (χ2n) is 8.84. The smallest absolute Gasteiger partial charge is 0.855 e. The van der Waals surface area contributed by atoms with Crippen LogP contribution in [0.3, 0.4) is 0 Å². The van der Waals surface area contributed by atoms with E-state index in [1.54, 1.807) is 24.3 Å². The fourth-order valence-corrected chi connectivity index (χ4v) is 4.40. The van der Waals surface area contributed by atoms with Crippen molar-refractivity contribution < 1.29 is 33.8 Å². The van der Waals surface area contributed by atoms with Crippen LogP contribution in [0.5, 0.6) is 0 Å². The molecule has 39 heavy (non-hydrogen) atoms. The quantitative estimate of drug-likeness (QED) is 0.101. The summed E-state index contributed by atoms with van der Waals surface area (Å²) in [5.41, 5.74) is 2.79. The number of fused-ring (bicyclic) bond motifs is 3. The Balaban J connectivity index is 0.000000266. The van der Waals surface area contributed by atoms with Gasteiger partial charge in [-0.1, -0.05) is 73.8 Å². The molecule has 0 N–H and O–H groups in total. The molecule has 0 bridgehead atoms. The third-order valence-corrected chi connectivity index (χ3v) is 6.50. The average molecular weight is 718 g/mol. The Morgan fingerprint density at radius 3 is 2.54 bits per heavy atom. The Hall–Kier alpha value is -3.17. The predicted molar refractivity (Wildman–Crippen MR) is 167 cm³/mol. The molecule has 4 heteroatoms. The molecular weight excluding hydrogens is 673 g/mol. The van der Waals surface area contributed by atoms with Crippen LogP contribution in [0.4, 0.5) is 0 Å². The number of thiophene rings is 1. The number of nitrogens with zero attached hydrogens (tertiary/aromatic N) is 2. The molecule has 5 rings (SSSR count). The summed E-state index contributed by atoms with van der Waals surface area (Å²) in [5.74, 6) is 0.719. The SMILES string of the molecule is C=C(/C(=C\C(=[N-])c1[c-]cccc1)C(C)C)C(C)C.[2H]c1c(C([2H])([2H])[2H])c([2H])c2c(sc3c[c-]ccc32)c1[2H].[2H]c1cnc([2H])c([2H])c1[2H].[Ir+3]. The maximum absolute atomic E-state index is 10.1. The molecule has 5 aromatic rings. The first-order valence-corrected chi connectivity index (χ1v) is 12.9. The maximum atomic E-state index is 10.1. The molecular formula is C35H35IrN2S. The topological polar surface area (TPSA) is 35.2 Å². The molecule has 0 saturated heterocycles. The van der Waals surface area contributed by atoms with E-state index in [0.717, 1.165) is 27.4 Å². The van der Waals surface area contributed by atoms with Crippen molar-refractivity contribution in [1.29, 1.82) is 0 Å². The summed E-state index contributed by atoms with van der Waals surface area (Å²) < 4.78 is 75.9. The summed E-state index contributed by atoms with van der Waals surface area (Å²) in [7, 11) is 0. The van der Waals surface area contributed by atoms with Crippen molar-refractivity contribution in [3.05, 3.63) is 144 Å². The predicted octanol–water partition coefficient (Wildman–Crippen LogP) is 9.88. The summed E-state index contributed by atoms with van der Waals surface area (Å²) >= 11 is 1.29. The van der Waals surface area contributed by atoms with E-state index in [1.165, 1.54) is 11.3 Å². The first-order valence-electron chi connectivity index (χ1n) is 17.0. The van der Waals surface area contributed by atoms with E-state index in [2.05, 4.69) is 51.4 Å². The van der Waals surface area contributed by atoms with Crippen molar-refractivity contribution in [2.24, 2.45) is 11.8 Å². The van der Waals surface area contributed by atoms with Gasteiger partial charge in [-0.25, -0.2) is 17.0 Å². The van der Waals surface area contributed by atoms with Gasteiger partial charge in [-0.3, -0.25) is 4.98 Å². The summed E-state index contributed by atoms with van der Waals surface area (Å²) in [6.07, 6.45) is 2.67. The van der Waals surface area contributed by atoms with Crippen LogP contribution in [0.15, 0.2) is 115 Å². The van der Waals surface area contributed by atoms with Gasteiger partial charge in [0.1, 0.15) is 0 Å². The molecule has 0 aliphatic rings. The molecule has 200 valence electrons. The largest absolute Gasteiger partial charge is 3.00 e. The van der Waals surface area contributed by atoms with Crippen LogP contribution in [-0.2, 0) is 20.1 Å². The monoisotopic (exact) mass is 718 g/mol. The third-order valence-electron chi connectivity index (χ3n) is 5.44. The number of aromatic nitrogens is 1. The molecule has 0 amide bonds. The summed E-state index contributed by atoms with van der Waals surface area (Å²) in [5, 5.41) is 11.3. The molecule has 0 aliphatic heterocycles. The van der Waals surface area contributed by atoms with Crippen molar-refractivity contribution in [2.75, 3.05) is 0 Å². The molecule has 0 saturated carbocycles. The van der Waals surface area contributed by atoms with Crippen molar-refractivity contribution in [3.8, 4) is 0 Å². The zero-order valence-corrected chi connectivity index (χ0v) is 25.4. The number of pyridine rings is 1. The minimum Gasteiger partial charge on any atom is -0.855 e. The summed E-state index contributed by atoms with van der Waals surface area (Å²) in [4.78, 5) is 3.41. The zero-order valence-electron chi connectivity index (χ0n) is 32.2. The van der Waals surface area contributed by atoms with Crippen LogP contribution in [0.2, 0.25) is 0 Å². The van der Waals surface area contributed by atoms with Gasteiger partial charge in [0.25, 0.3) is 0 Å². The molecule has 2 aromatic heterocycles. The minimum absolute atomic E-state index is 0. The normalized spacial score (nSPS) is 14.8. The van der Waals surface area contributed by atoms with Gasteiger partial charge >= 0.3 is 20.1 Å². The summed E-state index contributed by atoms with van der Waals surface area (Å²) in [6, 6.07) is 17.3. The van der Waals surface area contributed by atoms with E-state index in [-0.39, 0.29) is 73.8 Å². The van der Waals surface area contributed by atoms with E-state index in [9.17, 15) is 5.41 Å². The van der Waals surface area contributed by atoms with Crippen LogP contribution >= 0.6 is 11.3 Å². The zero-order chi connectivity index (χ0) is 36.1. The fraction of sp³-hybridized carbons (Fsp3) is 0.200. The molecule has 0 fully saturated rings. The van der Waals surface area contributed by atoms with Crippen molar-refractivity contribution in [2.45, 2.75) is 34.5 Å². The van der Waals surface area contributed by atoms with Gasteiger partial charge < -0.3 is 5.41 Å². The second kappa shape index (κ2) is 16.1. The number of allylic oxidation sites excluding steroid dienone is 3. The van der Waals surface area contributed by atoms with Crippen molar-refractivity contribution in [1.82, 2.24) is 4.98 Å². The average Bonchev–Trinajstić information content (AvgIpc) is 3.43. The van der Waals surface area contributed by atoms with Crippen LogP contribution in [-0.4, -0.2) is 10.7 Å². The molecule has 3 aromatic carbocycles. The Bertz CT molecular complexity index is 1960. The van der Waals surface area contributed by atoms with Gasteiger partial charge in [0, 0.05) is 21.2 Å². The second-order valence-corrected chi connectivity index (χ2v) is 9.89. The van der Waals surface area contributed by atoms with Crippen LogP contribution in [0.1, 0.15) is 52.5 Å². The third kappa shape index (κ3) is 9.51. The van der Waals surface area contributed by atoms with E-state index in [4.69, 9.17) is 13.7 Å². The van der Waals surface area contributed by atoms with E-state index in [1.807, 2.05) is 24.3 Å². The Morgan fingerprint density at radius 2 is 1.87 bits per heavy atom. The van der Waals surface area contributed by atoms with Crippen molar-refractivity contribution >= 4 is 37.2 Å². The Labute approximate surface area is 265 Å². The molecule has 2 nitrogen and oxygen atoms in total. The first-order chi connectivity index (χ1) is 22.4. The van der Waals surface area contributed by atoms with Gasteiger partial charge in [0.05, 0.1) is 9.60 Å². The molecule has 0 unspecified atom stereocenters. The number of hydrogen-bond acceptors (Lipinski definition) is 2. The molecule has 0 radical (unpaired) electrons. The molecule has 0 aliphatic carbocycles. The van der Waals surface area contributed by atoms with Gasteiger partial charge in [-0.2, -0.15) is 29.8 Å². The van der Waals surface area contributed by atoms with Gasteiger partial charge in [0.15, 0.2) is 0 Å². The van der Waals surface area contributed by atoms with Gasteiger partial charge in [0.2, 0.25) is 0 Å². The van der Waals surface area contributed by atoms with Crippen LogP contribution < -0.4 is 0 Å². The standard InChI is InChI=1S/C17H21N.C13H9S.C5H5N.Ir/c1-12(2)14(5)16(13(3)4)11-17(18)15-9-7-6-8-10-15;1-9-6-7-13-11(8-9)10-4-2-3-5-12(10)14-13;1-2-4-6-5-3-1;/h6-9,11-13H,5H2,1-4H3;2,4-8H,1H3;1-5H;/q-2;-1;;+3/b16-11-;;;/i;1D3,6D,7D,8D;1D,2D,3D,4D;. The number of hydrogen-bond donors (Lipinski definition) is 0. The van der Waals surface area contributed by atoms with E-state index in [0.29, 0.717) is 27.5 Å². The van der Waals surface area contributed by atoms with Gasteiger partial charge in [-0.15, -0.1) is 41.8 Å². The number of benzene rings is 3. The molecule has 2 heterocycles. The first kappa shape index (κ1) is 19.8. The fourth-order valence-electron chi connectivity index (χ4n) is 3.41. The summed E-state index contributed by atoms with van der Waals surface area (Å²) in [6.45, 7) is 10.0. The van der Waals surface area contributed by atoms with Crippen molar-refractivity contribution in [3.63, 3.8) is 0 Å². The van der Waals surface area contributed by atoms with Gasteiger partial charge in [-0.05, 0) is 42.2 Å². The molecule has 0 atom stereocenters. The van der Waals surface area contributed by atoms with E-state index >= 15 is 0 Å². The molecule has 0 spiro atoms. The van der Waals surface area contributed by atoms with Crippen LogP contribution in [0, 0.1) is 30.8 Å². The minimum atomic E-state index is -2.56. The Morgan fingerprint density at radius 1 is 1.05 bits per heavy atom. The van der Waals surface area contributed by atoms with E-state index < -0.39 is 6.85 Å².